The predicted octanol–water partition coefficient (Wildman–Crippen LogP) is 2.68. The standard InChI is InChI=1S/C26H29N3O5S/c1-3-12-27-15-17-28(18-16-27)13-4-19-34-23-7-10-25-22(20-23)11-14-29(25)35(31,32)24-8-5-21(6-9-24)26(30)33-2/h1,5-11,14,20H,4,12-13,15-19H2,2H3. The van der Waals surface area contributed by atoms with Crippen LogP contribution in [-0.4, -0.2) is 81.1 Å². The van der Waals surface area contributed by atoms with Crippen molar-refractivity contribution in [2.75, 3.05) is 53.0 Å². The number of terminal acetylenes is 1. The predicted molar refractivity (Wildman–Crippen MR) is 134 cm³/mol. The summed E-state index contributed by atoms with van der Waals surface area (Å²) in [5.74, 6) is 2.88. The topological polar surface area (TPSA) is 81.1 Å². The number of carbonyl (C=O) groups is 1. The van der Waals surface area contributed by atoms with Crippen molar-refractivity contribution in [2.24, 2.45) is 0 Å². The van der Waals surface area contributed by atoms with Crippen molar-refractivity contribution in [1.29, 1.82) is 0 Å². The summed E-state index contributed by atoms with van der Waals surface area (Å²) in [7, 11) is -2.54. The third kappa shape index (κ3) is 5.68. The van der Waals surface area contributed by atoms with Gasteiger partial charge in [0.1, 0.15) is 5.75 Å². The summed E-state index contributed by atoms with van der Waals surface area (Å²) in [5, 5.41) is 0.766. The van der Waals surface area contributed by atoms with E-state index < -0.39 is 16.0 Å². The monoisotopic (exact) mass is 495 g/mol. The van der Waals surface area contributed by atoms with E-state index in [-0.39, 0.29) is 10.5 Å². The maximum atomic E-state index is 13.2. The molecule has 1 aliphatic rings. The molecule has 2 heterocycles. The molecule has 0 saturated carbocycles. The number of nitrogens with zero attached hydrogens (tertiary/aromatic N) is 3. The number of fused-ring (bicyclic) bond motifs is 1. The van der Waals surface area contributed by atoms with Crippen LogP contribution in [0.5, 0.6) is 5.75 Å². The van der Waals surface area contributed by atoms with Gasteiger partial charge in [-0.25, -0.2) is 17.2 Å². The number of hydrogen-bond acceptors (Lipinski definition) is 7. The molecule has 3 aromatic rings. The minimum absolute atomic E-state index is 0.0862. The number of esters is 1. The van der Waals surface area contributed by atoms with Gasteiger partial charge in [0.15, 0.2) is 0 Å². The Morgan fingerprint density at radius 2 is 1.74 bits per heavy atom. The minimum Gasteiger partial charge on any atom is -0.494 e. The van der Waals surface area contributed by atoms with E-state index in [1.54, 1.807) is 18.2 Å². The molecule has 0 atom stereocenters. The van der Waals surface area contributed by atoms with Crippen LogP contribution in [0.3, 0.4) is 0 Å². The first-order valence-electron chi connectivity index (χ1n) is 11.5. The molecule has 0 bridgehead atoms. The quantitative estimate of drug-likeness (QED) is 0.257. The molecule has 0 amide bonds. The van der Waals surface area contributed by atoms with Crippen molar-refractivity contribution in [3.8, 4) is 18.1 Å². The summed E-state index contributed by atoms with van der Waals surface area (Å²) in [6.07, 6.45) is 7.82. The number of hydrogen-bond donors (Lipinski definition) is 0. The van der Waals surface area contributed by atoms with E-state index in [1.165, 1.54) is 41.5 Å². The second-order valence-corrected chi connectivity index (χ2v) is 10.2. The van der Waals surface area contributed by atoms with E-state index in [1.807, 2.05) is 6.07 Å². The molecule has 1 saturated heterocycles. The first-order valence-corrected chi connectivity index (χ1v) is 12.9. The highest BCUT2D eigenvalue weighted by atomic mass is 32.2. The molecular weight excluding hydrogens is 466 g/mol. The maximum absolute atomic E-state index is 13.2. The Kier molecular flexibility index (Phi) is 7.76. The Hall–Kier alpha value is -3.32. The summed E-state index contributed by atoms with van der Waals surface area (Å²) in [6, 6.07) is 12.8. The van der Waals surface area contributed by atoms with Crippen molar-refractivity contribution >= 4 is 26.9 Å². The molecule has 4 rings (SSSR count). The lowest BCUT2D eigenvalue weighted by Crippen LogP contribution is -2.46. The van der Waals surface area contributed by atoms with E-state index >= 15 is 0 Å². The highest BCUT2D eigenvalue weighted by Crippen LogP contribution is 2.26. The van der Waals surface area contributed by atoms with Gasteiger partial charge in [-0.1, -0.05) is 5.92 Å². The van der Waals surface area contributed by atoms with Crippen molar-refractivity contribution in [3.05, 3.63) is 60.3 Å². The van der Waals surface area contributed by atoms with Crippen molar-refractivity contribution in [1.82, 2.24) is 13.8 Å². The van der Waals surface area contributed by atoms with Crippen LogP contribution in [-0.2, 0) is 14.8 Å². The molecule has 2 aromatic carbocycles. The lowest BCUT2D eigenvalue weighted by molar-refractivity contribution is 0.0600. The zero-order valence-corrected chi connectivity index (χ0v) is 20.5. The molecule has 1 aliphatic heterocycles. The molecule has 0 radical (unpaired) electrons. The summed E-state index contributed by atoms with van der Waals surface area (Å²) >= 11 is 0. The van der Waals surface area contributed by atoms with Gasteiger partial charge in [0, 0.05) is 44.3 Å². The summed E-state index contributed by atoms with van der Waals surface area (Å²) in [6.45, 7) is 6.29. The normalized spacial score (nSPS) is 15.1. The second-order valence-electron chi connectivity index (χ2n) is 8.38. The molecule has 184 valence electrons. The van der Waals surface area contributed by atoms with E-state index in [0.717, 1.165) is 44.5 Å². The number of benzene rings is 2. The number of rotatable bonds is 9. The highest BCUT2D eigenvalue weighted by molar-refractivity contribution is 7.90. The number of piperazine rings is 1. The van der Waals surface area contributed by atoms with E-state index in [4.69, 9.17) is 11.2 Å². The number of ether oxygens (including phenoxy) is 2. The van der Waals surface area contributed by atoms with Gasteiger partial charge in [-0.3, -0.25) is 4.90 Å². The van der Waals surface area contributed by atoms with E-state index in [0.29, 0.717) is 24.4 Å². The van der Waals surface area contributed by atoms with Gasteiger partial charge in [0.25, 0.3) is 10.0 Å². The Bertz CT molecular complexity index is 1320. The second kappa shape index (κ2) is 11.0. The highest BCUT2D eigenvalue weighted by Gasteiger charge is 2.20. The molecule has 9 heteroatoms. The van der Waals surface area contributed by atoms with Crippen molar-refractivity contribution in [2.45, 2.75) is 11.3 Å². The van der Waals surface area contributed by atoms with Gasteiger partial charge in [-0.05, 0) is 55.0 Å². The molecule has 8 nitrogen and oxygen atoms in total. The molecule has 0 aliphatic carbocycles. The lowest BCUT2D eigenvalue weighted by atomic mass is 10.2. The number of carbonyl (C=O) groups excluding carboxylic acids is 1. The van der Waals surface area contributed by atoms with E-state index in [2.05, 4.69) is 20.5 Å². The average molecular weight is 496 g/mol. The molecule has 0 spiro atoms. The summed E-state index contributed by atoms with van der Waals surface area (Å²) < 4.78 is 38.1. The Morgan fingerprint density at radius 3 is 2.43 bits per heavy atom. The number of aromatic nitrogens is 1. The Labute approximate surface area is 206 Å². The van der Waals surface area contributed by atoms with Crippen LogP contribution in [0.1, 0.15) is 16.8 Å². The average Bonchev–Trinajstić information content (AvgIpc) is 3.31. The van der Waals surface area contributed by atoms with Gasteiger partial charge < -0.3 is 14.4 Å². The zero-order chi connectivity index (χ0) is 24.8. The third-order valence-electron chi connectivity index (χ3n) is 6.13. The first kappa shape index (κ1) is 24.8. The zero-order valence-electron chi connectivity index (χ0n) is 19.7. The van der Waals surface area contributed by atoms with Gasteiger partial charge in [-0.2, -0.15) is 0 Å². The smallest absolute Gasteiger partial charge is 0.337 e. The van der Waals surface area contributed by atoms with Crippen LogP contribution < -0.4 is 4.74 Å². The minimum atomic E-state index is -3.82. The van der Waals surface area contributed by atoms with Gasteiger partial charge in [-0.15, -0.1) is 6.42 Å². The molecule has 1 aromatic heterocycles. The first-order chi connectivity index (χ1) is 16.9. The molecule has 0 N–H and O–H groups in total. The SMILES string of the molecule is C#CCN1CCN(CCCOc2ccc3c(ccn3S(=O)(=O)c3ccc(C(=O)OC)cc3)c2)CC1. The van der Waals surface area contributed by atoms with Crippen LogP contribution in [0.15, 0.2) is 59.6 Å². The molecule has 35 heavy (non-hydrogen) atoms. The number of methoxy groups -OCH3 is 1. The van der Waals surface area contributed by atoms with Gasteiger partial charge >= 0.3 is 5.97 Å². The van der Waals surface area contributed by atoms with Crippen LogP contribution in [0.25, 0.3) is 10.9 Å². The summed E-state index contributed by atoms with van der Waals surface area (Å²) in [5.41, 5.74) is 0.844. The third-order valence-corrected chi connectivity index (χ3v) is 7.83. The fraction of sp³-hybridized carbons (Fsp3) is 0.346. The van der Waals surface area contributed by atoms with Gasteiger partial charge in [0.05, 0.1) is 36.2 Å². The van der Waals surface area contributed by atoms with Crippen molar-refractivity contribution < 1.29 is 22.7 Å². The summed E-state index contributed by atoms with van der Waals surface area (Å²) in [4.78, 5) is 16.4. The van der Waals surface area contributed by atoms with Crippen LogP contribution in [0, 0.1) is 12.3 Å². The Morgan fingerprint density at radius 1 is 1.03 bits per heavy atom. The lowest BCUT2D eigenvalue weighted by Gasteiger charge is -2.33. The van der Waals surface area contributed by atoms with Crippen molar-refractivity contribution in [3.63, 3.8) is 0 Å². The Balaban J connectivity index is 1.36. The van der Waals surface area contributed by atoms with Crippen LogP contribution >= 0.6 is 0 Å². The molecule has 1 fully saturated rings. The molecule has 0 unspecified atom stereocenters. The fourth-order valence-electron chi connectivity index (χ4n) is 4.17. The van der Waals surface area contributed by atoms with Crippen LogP contribution in [0.2, 0.25) is 0 Å². The van der Waals surface area contributed by atoms with Crippen LogP contribution in [0.4, 0.5) is 0 Å². The van der Waals surface area contributed by atoms with Gasteiger partial charge in [0.2, 0.25) is 0 Å². The maximum Gasteiger partial charge on any atom is 0.337 e. The largest absolute Gasteiger partial charge is 0.494 e. The van der Waals surface area contributed by atoms with E-state index in [9.17, 15) is 13.2 Å². The molecular formula is C26H29N3O5S. The fourth-order valence-corrected chi connectivity index (χ4v) is 5.52.